The summed E-state index contributed by atoms with van der Waals surface area (Å²) in [5.41, 5.74) is 0.449. The van der Waals surface area contributed by atoms with Gasteiger partial charge >= 0.3 is 0 Å². The van der Waals surface area contributed by atoms with Gasteiger partial charge in [-0.25, -0.2) is 12.8 Å². The van der Waals surface area contributed by atoms with Crippen LogP contribution in [0.3, 0.4) is 0 Å². The van der Waals surface area contributed by atoms with Crippen molar-refractivity contribution in [1.29, 1.82) is 0 Å². The second-order valence-corrected chi connectivity index (χ2v) is 7.26. The number of hydrogen-bond acceptors (Lipinski definition) is 3. The Kier molecular flexibility index (Phi) is 4.78. The highest BCUT2D eigenvalue weighted by molar-refractivity contribution is 7.89. The lowest BCUT2D eigenvalue weighted by Gasteiger charge is -2.26. The van der Waals surface area contributed by atoms with Gasteiger partial charge in [-0.2, -0.15) is 4.31 Å². The van der Waals surface area contributed by atoms with Gasteiger partial charge in [0.05, 0.1) is 4.90 Å². The van der Waals surface area contributed by atoms with Crippen LogP contribution in [-0.2, 0) is 10.0 Å². The Morgan fingerprint density at radius 1 is 1.30 bits per heavy atom. The van der Waals surface area contributed by atoms with E-state index in [0.29, 0.717) is 5.56 Å². The van der Waals surface area contributed by atoms with Crippen LogP contribution in [0.1, 0.15) is 24.8 Å². The molecule has 1 fully saturated rings. The molecule has 0 aliphatic carbocycles. The average Bonchev–Trinajstić information content (AvgIpc) is 2.69. The largest absolute Gasteiger partial charge is 0.317 e. The first kappa shape index (κ1) is 15.4. The molecule has 1 N–H and O–H groups in total. The van der Waals surface area contributed by atoms with E-state index in [1.54, 1.807) is 14.0 Å². The molecule has 1 aliphatic heterocycles. The van der Waals surface area contributed by atoms with Crippen LogP contribution in [0.4, 0.5) is 4.39 Å². The van der Waals surface area contributed by atoms with Crippen LogP contribution in [0.15, 0.2) is 23.1 Å². The zero-order chi connectivity index (χ0) is 14.8. The molecule has 6 heteroatoms. The lowest BCUT2D eigenvalue weighted by Crippen LogP contribution is -2.37. The molecule has 0 spiro atoms. The van der Waals surface area contributed by atoms with Crippen molar-refractivity contribution in [3.8, 4) is 0 Å². The van der Waals surface area contributed by atoms with E-state index < -0.39 is 15.8 Å². The van der Waals surface area contributed by atoms with Crippen molar-refractivity contribution in [2.24, 2.45) is 0 Å². The zero-order valence-electron chi connectivity index (χ0n) is 11.9. The summed E-state index contributed by atoms with van der Waals surface area (Å²) < 4.78 is 40.1. The van der Waals surface area contributed by atoms with Crippen LogP contribution in [0.5, 0.6) is 0 Å². The Morgan fingerprint density at radius 2 is 2.05 bits per heavy atom. The van der Waals surface area contributed by atoms with Gasteiger partial charge in [-0.05, 0) is 57.0 Å². The lowest BCUT2D eigenvalue weighted by atomic mass is 10.1. The summed E-state index contributed by atoms with van der Waals surface area (Å²) in [6.07, 6.45) is 2.56. The minimum atomic E-state index is -3.63. The molecular formula is C14H21FN2O2S. The maximum Gasteiger partial charge on any atom is 0.243 e. The van der Waals surface area contributed by atoms with Crippen LogP contribution in [0, 0.1) is 12.7 Å². The molecule has 0 saturated carbocycles. The first-order valence-corrected chi connectivity index (χ1v) is 8.32. The molecule has 112 valence electrons. The van der Waals surface area contributed by atoms with Crippen molar-refractivity contribution < 1.29 is 12.8 Å². The molecule has 20 heavy (non-hydrogen) atoms. The lowest BCUT2D eigenvalue weighted by molar-refractivity contribution is 0.341. The van der Waals surface area contributed by atoms with Crippen LogP contribution in [0.2, 0.25) is 0 Å². The number of sulfonamides is 1. The highest BCUT2D eigenvalue weighted by atomic mass is 32.2. The standard InChI is InChI=1S/C14H21FN2O2S/c1-11-5-6-13(10-14(11)15)20(18,19)17(2)12-4-3-8-16-9-7-12/h5-6,10,12,16H,3-4,7-9H2,1-2H3. The van der Waals surface area contributed by atoms with Crippen LogP contribution in [-0.4, -0.2) is 38.9 Å². The first-order valence-electron chi connectivity index (χ1n) is 6.88. The molecule has 1 aromatic carbocycles. The van der Waals surface area contributed by atoms with Gasteiger partial charge in [-0.1, -0.05) is 6.07 Å². The number of nitrogens with one attached hydrogen (secondary N) is 1. The molecule has 1 saturated heterocycles. The molecule has 1 atom stereocenters. The van der Waals surface area contributed by atoms with Crippen molar-refractivity contribution in [2.45, 2.75) is 37.1 Å². The molecule has 0 aromatic heterocycles. The van der Waals surface area contributed by atoms with E-state index >= 15 is 0 Å². The van der Waals surface area contributed by atoms with Gasteiger partial charge in [0, 0.05) is 13.1 Å². The third-order valence-corrected chi connectivity index (χ3v) is 5.79. The fourth-order valence-electron chi connectivity index (χ4n) is 2.46. The molecule has 0 radical (unpaired) electrons. The fraction of sp³-hybridized carbons (Fsp3) is 0.571. The highest BCUT2D eigenvalue weighted by Crippen LogP contribution is 2.22. The second-order valence-electron chi connectivity index (χ2n) is 5.27. The van der Waals surface area contributed by atoms with Gasteiger partial charge in [0.25, 0.3) is 0 Å². The van der Waals surface area contributed by atoms with E-state index in [1.165, 1.54) is 16.4 Å². The number of nitrogens with zero attached hydrogens (tertiary/aromatic N) is 1. The van der Waals surface area contributed by atoms with Crippen LogP contribution in [0.25, 0.3) is 0 Å². The van der Waals surface area contributed by atoms with Gasteiger partial charge in [0.1, 0.15) is 5.82 Å². The predicted octanol–water partition coefficient (Wildman–Crippen LogP) is 1.90. The smallest absolute Gasteiger partial charge is 0.243 e. The normalized spacial score (nSPS) is 20.9. The monoisotopic (exact) mass is 300 g/mol. The van der Waals surface area contributed by atoms with Crippen molar-refractivity contribution in [2.75, 3.05) is 20.1 Å². The number of benzene rings is 1. The molecule has 4 nitrogen and oxygen atoms in total. The van der Waals surface area contributed by atoms with Crippen molar-refractivity contribution >= 4 is 10.0 Å². The minimum Gasteiger partial charge on any atom is -0.317 e. The van der Waals surface area contributed by atoms with Crippen molar-refractivity contribution in [3.05, 3.63) is 29.6 Å². The third kappa shape index (κ3) is 3.19. The highest BCUT2D eigenvalue weighted by Gasteiger charge is 2.28. The summed E-state index contributed by atoms with van der Waals surface area (Å²) in [4.78, 5) is 0.0281. The number of rotatable bonds is 3. The minimum absolute atomic E-state index is 0.0281. The van der Waals surface area contributed by atoms with E-state index in [9.17, 15) is 12.8 Å². The zero-order valence-corrected chi connectivity index (χ0v) is 12.7. The van der Waals surface area contributed by atoms with E-state index in [1.807, 2.05) is 0 Å². The van der Waals surface area contributed by atoms with Gasteiger partial charge < -0.3 is 5.32 Å². The number of halogens is 1. The molecule has 1 heterocycles. The van der Waals surface area contributed by atoms with E-state index in [2.05, 4.69) is 5.32 Å². The topological polar surface area (TPSA) is 49.4 Å². The summed E-state index contributed by atoms with van der Waals surface area (Å²) in [5, 5.41) is 3.26. The Labute approximate surface area is 120 Å². The Hall–Kier alpha value is -0.980. The predicted molar refractivity (Wildman–Crippen MR) is 76.6 cm³/mol. The molecule has 2 rings (SSSR count). The Bertz CT molecular complexity index is 567. The summed E-state index contributed by atoms with van der Waals surface area (Å²) in [6.45, 7) is 3.35. The SMILES string of the molecule is Cc1ccc(S(=O)(=O)N(C)C2CCCNCC2)cc1F. The average molecular weight is 300 g/mol. The van der Waals surface area contributed by atoms with Gasteiger partial charge in [0.2, 0.25) is 10.0 Å². The number of aryl methyl sites for hydroxylation is 1. The Morgan fingerprint density at radius 3 is 2.75 bits per heavy atom. The summed E-state index contributed by atoms with van der Waals surface area (Å²) >= 11 is 0. The molecule has 0 bridgehead atoms. The van der Waals surface area contributed by atoms with E-state index in [4.69, 9.17) is 0 Å². The van der Waals surface area contributed by atoms with Crippen molar-refractivity contribution in [1.82, 2.24) is 9.62 Å². The van der Waals surface area contributed by atoms with E-state index in [0.717, 1.165) is 38.4 Å². The van der Waals surface area contributed by atoms with Crippen LogP contribution < -0.4 is 5.32 Å². The molecule has 1 unspecified atom stereocenters. The maximum absolute atomic E-state index is 13.6. The number of hydrogen-bond donors (Lipinski definition) is 1. The first-order chi connectivity index (χ1) is 9.43. The van der Waals surface area contributed by atoms with Gasteiger partial charge in [0.15, 0.2) is 0 Å². The molecular weight excluding hydrogens is 279 g/mol. The fourth-order valence-corrected chi connectivity index (χ4v) is 3.89. The molecule has 0 amide bonds. The third-order valence-electron chi connectivity index (χ3n) is 3.88. The molecule has 1 aromatic rings. The summed E-state index contributed by atoms with van der Waals surface area (Å²) in [7, 11) is -2.04. The molecule has 1 aliphatic rings. The van der Waals surface area contributed by atoms with Crippen LogP contribution >= 0.6 is 0 Å². The quantitative estimate of drug-likeness (QED) is 0.927. The second kappa shape index (κ2) is 6.20. The van der Waals surface area contributed by atoms with Crippen molar-refractivity contribution in [3.63, 3.8) is 0 Å². The van der Waals surface area contributed by atoms with Gasteiger partial charge in [-0.15, -0.1) is 0 Å². The van der Waals surface area contributed by atoms with E-state index in [-0.39, 0.29) is 10.9 Å². The Balaban J connectivity index is 2.26. The summed E-state index contributed by atoms with van der Waals surface area (Å²) in [6, 6.07) is 4.05. The maximum atomic E-state index is 13.6. The van der Waals surface area contributed by atoms with Gasteiger partial charge in [-0.3, -0.25) is 0 Å². The summed E-state index contributed by atoms with van der Waals surface area (Å²) in [5.74, 6) is -0.484.